The third-order valence-corrected chi connectivity index (χ3v) is 5.09. The van der Waals surface area contributed by atoms with Gasteiger partial charge in [-0.15, -0.1) is 0 Å². The van der Waals surface area contributed by atoms with Crippen molar-refractivity contribution in [3.8, 4) is 0 Å². The minimum atomic E-state index is -0.351. The van der Waals surface area contributed by atoms with E-state index in [2.05, 4.69) is 31.0 Å². The van der Waals surface area contributed by atoms with Crippen LogP contribution in [0.4, 0.5) is 5.69 Å². The molecule has 0 saturated carbocycles. The highest BCUT2D eigenvalue weighted by Crippen LogP contribution is 2.34. The summed E-state index contributed by atoms with van der Waals surface area (Å²) in [5.41, 5.74) is 1.92. The molecule has 3 rings (SSSR count). The summed E-state index contributed by atoms with van der Waals surface area (Å²) in [5, 5.41) is 2.88. The molecule has 130 valence electrons. The summed E-state index contributed by atoms with van der Waals surface area (Å²) in [5.74, 6) is -0.325. The summed E-state index contributed by atoms with van der Waals surface area (Å²) >= 11 is 0. The van der Waals surface area contributed by atoms with Gasteiger partial charge in [0, 0.05) is 43.8 Å². The van der Waals surface area contributed by atoms with E-state index in [1.807, 2.05) is 29.2 Å². The number of benzene rings is 1. The number of carbonyl (C=O) groups is 2. The number of para-hydroxylation sites is 1. The molecule has 2 aliphatic rings. The molecule has 5 nitrogen and oxygen atoms in total. The lowest BCUT2D eigenvalue weighted by Gasteiger charge is -2.34. The monoisotopic (exact) mass is 329 g/mol. The lowest BCUT2D eigenvalue weighted by molar-refractivity contribution is -0.133. The van der Waals surface area contributed by atoms with Gasteiger partial charge in [0.05, 0.1) is 5.92 Å². The average molecular weight is 329 g/mol. The topological polar surface area (TPSA) is 52.7 Å². The largest absolute Gasteiger partial charge is 0.341 e. The van der Waals surface area contributed by atoms with Gasteiger partial charge in [-0.05, 0) is 38.8 Å². The molecule has 1 atom stereocenters. The Morgan fingerprint density at radius 3 is 2.67 bits per heavy atom. The van der Waals surface area contributed by atoms with Crippen LogP contribution >= 0.6 is 0 Å². The van der Waals surface area contributed by atoms with Crippen molar-refractivity contribution in [2.24, 2.45) is 0 Å². The van der Waals surface area contributed by atoms with Crippen molar-refractivity contribution >= 4 is 17.5 Å². The molecule has 0 aromatic heterocycles. The second-order valence-corrected chi connectivity index (χ2v) is 7.73. The minimum Gasteiger partial charge on any atom is -0.341 e. The van der Waals surface area contributed by atoms with Crippen LogP contribution in [-0.4, -0.2) is 53.3 Å². The van der Waals surface area contributed by atoms with Gasteiger partial charge in [0.15, 0.2) is 0 Å². The molecule has 2 amide bonds. The molecule has 0 aliphatic carbocycles. The third kappa shape index (κ3) is 3.46. The molecule has 24 heavy (non-hydrogen) atoms. The lowest BCUT2D eigenvalue weighted by atomic mass is 9.96. The van der Waals surface area contributed by atoms with Crippen LogP contribution in [0.3, 0.4) is 0 Å². The van der Waals surface area contributed by atoms with Gasteiger partial charge in [-0.3, -0.25) is 14.5 Å². The van der Waals surface area contributed by atoms with Crippen LogP contribution in [0, 0.1) is 0 Å². The third-order valence-electron chi connectivity index (χ3n) is 5.09. The zero-order chi connectivity index (χ0) is 17.3. The lowest BCUT2D eigenvalue weighted by Crippen LogP contribution is -2.44. The first-order valence-corrected chi connectivity index (χ1v) is 8.79. The fourth-order valence-corrected chi connectivity index (χ4v) is 3.62. The molecule has 1 saturated heterocycles. The quantitative estimate of drug-likeness (QED) is 0.907. The van der Waals surface area contributed by atoms with Crippen molar-refractivity contribution in [1.82, 2.24) is 9.80 Å². The van der Waals surface area contributed by atoms with E-state index in [9.17, 15) is 9.59 Å². The number of rotatable bonds is 2. The molecular formula is C19H27N3O2. The molecule has 2 heterocycles. The van der Waals surface area contributed by atoms with Crippen molar-refractivity contribution in [2.45, 2.75) is 45.1 Å². The fraction of sp³-hybridized carbons (Fsp3) is 0.579. The molecule has 0 radical (unpaired) electrons. The summed E-state index contributed by atoms with van der Waals surface area (Å²) in [4.78, 5) is 29.3. The van der Waals surface area contributed by atoms with E-state index in [1.165, 1.54) is 0 Å². The molecule has 2 aliphatic heterocycles. The Balaban J connectivity index is 1.64. The Morgan fingerprint density at radius 2 is 1.92 bits per heavy atom. The maximum absolute atomic E-state index is 12.7. The van der Waals surface area contributed by atoms with Crippen LogP contribution in [0.1, 0.15) is 45.1 Å². The van der Waals surface area contributed by atoms with Crippen LogP contribution in [0.15, 0.2) is 24.3 Å². The Labute approximate surface area is 144 Å². The average Bonchev–Trinajstić information content (AvgIpc) is 2.71. The van der Waals surface area contributed by atoms with Crippen LogP contribution < -0.4 is 5.32 Å². The SMILES string of the molecule is CC(C)(C)N1CCCN(C(=O)CC2C(=O)Nc3ccccc32)CC1. The first kappa shape index (κ1) is 17.0. The van der Waals surface area contributed by atoms with Gasteiger partial charge in [-0.2, -0.15) is 0 Å². The van der Waals surface area contributed by atoms with E-state index in [0.29, 0.717) is 0 Å². The maximum atomic E-state index is 12.7. The molecule has 1 unspecified atom stereocenters. The zero-order valence-corrected chi connectivity index (χ0v) is 14.8. The second kappa shape index (κ2) is 6.55. The van der Waals surface area contributed by atoms with E-state index < -0.39 is 0 Å². The number of hydrogen-bond donors (Lipinski definition) is 1. The van der Waals surface area contributed by atoms with E-state index >= 15 is 0 Å². The molecule has 5 heteroatoms. The molecular weight excluding hydrogens is 302 g/mol. The molecule has 1 aromatic carbocycles. The first-order chi connectivity index (χ1) is 11.4. The van der Waals surface area contributed by atoms with E-state index in [-0.39, 0.29) is 29.7 Å². The normalized spacial score (nSPS) is 22.0. The summed E-state index contributed by atoms with van der Waals surface area (Å²) in [6.07, 6.45) is 1.24. The summed E-state index contributed by atoms with van der Waals surface area (Å²) < 4.78 is 0. The van der Waals surface area contributed by atoms with E-state index in [4.69, 9.17) is 0 Å². The Morgan fingerprint density at radius 1 is 1.17 bits per heavy atom. The minimum absolute atomic E-state index is 0.0595. The maximum Gasteiger partial charge on any atom is 0.232 e. The first-order valence-electron chi connectivity index (χ1n) is 8.79. The fourth-order valence-electron chi connectivity index (χ4n) is 3.62. The van der Waals surface area contributed by atoms with Crippen LogP contribution in [-0.2, 0) is 9.59 Å². The van der Waals surface area contributed by atoms with Crippen molar-refractivity contribution < 1.29 is 9.59 Å². The van der Waals surface area contributed by atoms with Crippen LogP contribution in [0.2, 0.25) is 0 Å². The predicted molar refractivity (Wildman–Crippen MR) is 95.0 cm³/mol. The summed E-state index contributed by atoms with van der Waals surface area (Å²) in [6.45, 7) is 10.1. The highest BCUT2D eigenvalue weighted by Gasteiger charge is 2.34. The van der Waals surface area contributed by atoms with Gasteiger partial charge in [0.1, 0.15) is 0 Å². The number of amides is 2. The van der Waals surface area contributed by atoms with Gasteiger partial charge < -0.3 is 10.2 Å². The Bertz CT molecular complexity index is 636. The number of anilines is 1. The Hall–Kier alpha value is -1.88. The van der Waals surface area contributed by atoms with Crippen molar-refractivity contribution in [3.63, 3.8) is 0 Å². The van der Waals surface area contributed by atoms with Gasteiger partial charge in [0.2, 0.25) is 11.8 Å². The molecule has 1 aromatic rings. The van der Waals surface area contributed by atoms with Crippen molar-refractivity contribution in [3.05, 3.63) is 29.8 Å². The number of carbonyl (C=O) groups excluding carboxylic acids is 2. The van der Waals surface area contributed by atoms with Crippen molar-refractivity contribution in [2.75, 3.05) is 31.5 Å². The van der Waals surface area contributed by atoms with Crippen molar-refractivity contribution in [1.29, 1.82) is 0 Å². The van der Waals surface area contributed by atoms with Gasteiger partial charge in [0.25, 0.3) is 0 Å². The highest BCUT2D eigenvalue weighted by molar-refractivity contribution is 6.04. The molecule has 1 fully saturated rings. The van der Waals surface area contributed by atoms with E-state index in [0.717, 1.165) is 43.9 Å². The van der Waals surface area contributed by atoms with Crippen LogP contribution in [0.5, 0.6) is 0 Å². The van der Waals surface area contributed by atoms with Gasteiger partial charge in [-0.1, -0.05) is 18.2 Å². The number of hydrogen-bond acceptors (Lipinski definition) is 3. The molecule has 1 N–H and O–H groups in total. The smallest absolute Gasteiger partial charge is 0.232 e. The Kier molecular flexibility index (Phi) is 4.63. The van der Waals surface area contributed by atoms with Gasteiger partial charge >= 0.3 is 0 Å². The standard InChI is InChI=1S/C19H27N3O2/c1-19(2,3)22-10-6-9-21(11-12-22)17(23)13-15-14-7-4-5-8-16(14)20-18(15)24/h4-5,7-8,15H,6,9-13H2,1-3H3,(H,20,24). The number of nitrogens with zero attached hydrogens (tertiary/aromatic N) is 2. The second-order valence-electron chi connectivity index (χ2n) is 7.73. The van der Waals surface area contributed by atoms with Gasteiger partial charge in [-0.25, -0.2) is 0 Å². The summed E-state index contributed by atoms with van der Waals surface area (Å²) in [6, 6.07) is 7.66. The van der Waals surface area contributed by atoms with Crippen LogP contribution in [0.25, 0.3) is 0 Å². The molecule has 0 spiro atoms. The highest BCUT2D eigenvalue weighted by atomic mass is 16.2. The number of fused-ring (bicyclic) bond motifs is 1. The zero-order valence-electron chi connectivity index (χ0n) is 14.8. The van der Waals surface area contributed by atoms with E-state index in [1.54, 1.807) is 0 Å². The summed E-state index contributed by atoms with van der Waals surface area (Å²) in [7, 11) is 0. The predicted octanol–water partition coefficient (Wildman–Crippen LogP) is 2.45. The molecule has 0 bridgehead atoms. The number of nitrogens with one attached hydrogen (secondary N) is 1.